The Morgan fingerprint density at radius 3 is 2.15 bits per heavy atom. The Bertz CT molecular complexity index is 1490. The third-order valence-corrected chi connectivity index (χ3v) is 8.94. The van der Waals surface area contributed by atoms with Crippen molar-refractivity contribution in [1.82, 2.24) is 4.37 Å². The molecule has 1 fully saturated rings. The van der Waals surface area contributed by atoms with Crippen molar-refractivity contribution in [3.05, 3.63) is 95.7 Å². The van der Waals surface area contributed by atoms with Crippen LogP contribution in [0.2, 0.25) is 0 Å². The van der Waals surface area contributed by atoms with Crippen LogP contribution >= 0.6 is 11.5 Å². The minimum Gasteiger partial charge on any atom is -0.481 e. The number of unbranched alkanes of at least 4 members (excludes halogenated alkanes) is 1. The molecule has 2 unspecified atom stereocenters. The third kappa shape index (κ3) is 6.20. The fraction of sp³-hybridized carbons (Fsp3) is 0.324. The Balaban J connectivity index is 1.37. The number of carboxylic acids is 1. The van der Waals surface area contributed by atoms with Crippen LogP contribution in [0.15, 0.2) is 78.9 Å². The molecule has 212 valence electrons. The number of aliphatic carboxylic acids is 1. The van der Waals surface area contributed by atoms with Crippen LogP contribution in [0.3, 0.4) is 0 Å². The first-order chi connectivity index (χ1) is 19.8. The number of carbonyl (C=O) groups is 2. The summed E-state index contributed by atoms with van der Waals surface area (Å²) in [7, 11) is 0. The van der Waals surface area contributed by atoms with Gasteiger partial charge in [-0.1, -0.05) is 106 Å². The van der Waals surface area contributed by atoms with Crippen molar-refractivity contribution < 1.29 is 19.4 Å². The predicted molar refractivity (Wildman–Crippen MR) is 164 cm³/mol. The molecule has 1 aromatic heterocycles. The van der Waals surface area contributed by atoms with Gasteiger partial charge in [-0.2, -0.15) is 4.37 Å². The summed E-state index contributed by atoms with van der Waals surface area (Å²) >= 11 is 1.39. The maximum Gasteiger partial charge on any atom is 0.412 e. The average molecular weight is 569 g/mol. The third-order valence-electron chi connectivity index (χ3n) is 8.03. The summed E-state index contributed by atoms with van der Waals surface area (Å²) in [4.78, 5) is 25.6. The van der Waals surface area contributed by atoms with E-state index in [0.29, 0.717) is 18.5 Å². The molecule has 41 heavy (non-hydrogen) atoms. The molecule has 0 aliphatic heterocycles. The molecule has 1 aliphatic carbocycles. The molecule has 0 bridgehead atoms. The number of aromatic nitrogens is 1. The van der Waals surface area contributed by atoms with Gasteiger partial charge >= 0.3 is 12.1 Å². The highest BCUT2D eigenvalue weighted by molar-refractivity contribution is 7.10. The number of hydrogen-bond donors (Lipinski definition) is 2. The second-order valence-corrected chi connectivity index (χ2v) is 11.7. The van der Waals surface area contributed by atoms with Crippen molar-refractivity contribution in [2.45, 2.75) is 70.3 Å². The first kappa shape index (κ1) is 28.6. The Hall–Kier alpha value is -3.97. The summed E-state index contributed by atoms with van der Waals surface area (Å²) in [5.41, 5.74) is 5.71. The molecule has 3 aromatic carbocycles. The summed E-state index contributed by atoms with van der Waals surface area (Å²) in [5.74, 6) is -0.550. The first-order valence-electron chi connectivity index (χ1n) is 14.3. The SMILES string of the molecule is CCCCC(C)c1nsc(-c2ccc(-c3ccc(C4(C(=O)O)CC4)cc3)cc2)c1NC(=O)OC(C)c1ccccc1. The maximum absolute atomic E-state index is 13.1. The van der Waals surface area contributed by atoms with Crippen LogP contribution in [0.4, 0.5) is 10.5 Å². The molecule has 2 N–H and O–H groups in total. The van der Waals surface area contributed by atoms with E-state index in [9.17, 15) is 14.7 Å². The van der Waals surface area contributed by atoms with E-state index < -0.39 is 17.5 Å². The lowest BCUT2D eigenvalue weighted by Gasteiger charge is -2.17. The van der Waals surface area contributed by atoms with Crippen molar-refractivity contribution >= 4 is 29.3 Å². The molecule has 1 heterocycles. The number of nitrogens with zero attached hydrogens (tertiary/aromatic N) is 1. The van der Waals surface area contributed by atoms with E-state index in [1.807, 2.05) is 85.8 Å². The van der Waals surface area contributed by atoms with Gasteiger partial charge in [-0.15, -0.1) is 0 Å². The van der Waals surface area contributed by atoms with Crippen molar-refractivity contribution in [2.24, 2.45) is 0 Å². The standard InChI is InChI=1S/C34H36N2O4S/c1-4-5-9-22(2)29-30(35-33(39)40-23(3)24-10-7-6-8-11-24)31(41-36-29)27-14-12-25(13-15-27)26-16-18-28(19-17-26)34(20-21-34)32(37)38/h6-8,10-19,22-23H,4-5,9,20-21H2,1-3H3,(H,35,39)(H,37,38). The topological polar surface area (TPSA) is 88.5 Å². The van der Waals surface area contributed by atoms with Crippen molar-refractivity contribution in [2.75, 3.05) is 5.32 Å². The highest BCUT2D eigenvalue weighted by Crippen LogP contribution is 2.48. The second-order valence-electron chi connectivity index (χ2n) is 10.9. The lowest BCUT2D eigenvalue weighted by molar-refractivity contribution is -0.140. The van der Waals surface area contributed by atoms with Crippen LogP contribution in [-0.4, -0.2) is 21.5 Å². The fourth-order valence-corrected chi connectivity index (χ4v) is 6.18. The van der Waals surface area contributed by atoms with E-state index in [-0.39, 0.29) is 12.0 Å². The zero-order valence-corrected chi connectivity index (χ0v) is 24.5. The molecule has 0 spiro atoms. The van der Waals surface area contributed by atoms with Gasteiger partial charge in [-0.05, 0) is 65.5 Å². The fourth-order valence-electron chi connectivity index (χ4n) is 5.23. The van der Waals surface area contributed by atoms with Gasteiger partial charge < -0.3 is 9.84 Å². The Kier molecular flexibility index (Phi) is 8.54. The van der Waals surface area contributed by atoms with Gasteiger partial charge in [0.25, 0.3) is 0 Å². The number of hydrogen-bond acceptors (Lipinski definition) is 5. The van der Waals surface area contributed by atoms with Gasteiger partial charge in [0, 0.05) is 5.92 Å². The van der Waals surface area contributed by atoms with Crippen LogP contribution in [0.5, 0.6) is 0 Å². The lowest BCUT2D eigenvalue weighted by atomic mass is 9.93. The minimum absolute atomic E-state index is 0.195. The van der Waals surface area contributed by atoms with Gasteiger partial charge in [0.1, 0.15) is 6.10 Å². The van der Waals surface area contributed by atoms with Gasteiger partial charge in [-0.25, -0.2) is 4.79 Å². The summed E-state index contributed by atoms with van der Waals surface area (Å²) in [6, 6.07) is 25.7. The number of carboxylic acid groups (broad SMARTS) is 1. The van der Waals surface area contributed by atoms with Gasteiger partial charge in [0.15, 0.2) is 0 Å². The molecule has 4 aromatic rings. The van der Waals surface area contributed by atoms with E-state index in [0.717, 1.165) is 57.7 Å². The zero-order valence-electron chi connectivity index (χ0n) is 23.7. The van der Waals surface area contributed by atoms with Crippen LogP contribution in [0.25, 0.3) is 21.6 Å². The summed E-state index contributed by atoms with van der Waals surface area (Å²) < 4.78 is 10.5. The number of amides is 1. The Morgan fingerprint density at radius 1 is 0.951 bits per heavy atom. The molecule has 0 saturated heterocycles. The number of ether oxygens (including phenoxy) is 1. The van der Waals surface area contributed by atoms with Crippen LogP contribution in [0.1, 0.15) is 81.7 Å². The quantitative estimate of drug-likeness (QED) is 0.188. The van der Waals surface area contributed by atoms with Crippen molar-refractivity contribution in [1.29, 1.82) is 0 Å². The molecule has 2 atom stereocenters. The zero-order chi connectivity index (χ0) is 29.0. The van der Waals surface area contributed by atoms with Crippen LogP contribution in [-0.2, 0) is 14.9 Å². The minimum atomic E-state index is -0.745. The van der Waals surface area contributed by atoms with Gasteiger partial charge in [0.2, 0.25) is 0 Å². The van der Waals surface area contributed by atoms with E-state index in [2.05, 4.69) is 19.2 Å². The summed E-state index contributed by atoms with van der Waals surface area (Å²) in [5, 5.41) is 12.6. The second kappa shape index (κ2) is 12.3. The maximum atomic E-state index is 13.1. The molecule has 0 radical (unpaired) electrons. The molecule has 1 amide bonds. The highest BCUT2D eigenvalue weighted by atomic mass is 32.1. The molecule has 1 aliphatic rings. The number of carbonyl (C=O) groups excluding carboxylic acids is 1. The largest absolute Gasteiger partial charge is 0.481 e. The predicted octanol–water partition coefficient (Wildman–Crippen LogP) is 9.20. The van der Waals surface area contributed by atoms with E-state index >= 15 is 0 Å². The summed E-state index contributed by atoms with van der Waals surface area (Å²) in [6.07, 6.45) is 3.67. The molecular weight excluding hydrogens is 532 g/mol. The normalized spacial score (nSPS) is 15.1. The molecule has 1 saturated carbocycles. The van der Waals surface area contributed by atoms with Crippen molar-refractivity contribution in [3.8, 4) is 21.6 Å². The number of anilines is 1. The Morgan fingerprint density at radius 2 is 1.56 bits per heavy atom. The van der Waals surface area contributed by atoms with E-state index in [1.165, 1.54) is 11.5 Å². The lowest BCUT2D eigenvalue weighted by Crippen LogP contribution is -2.19. The molecule has 5 rings (SSSR count). The first-order valence-corrected chi connectivity index (χ1v) is 15.1. The molecular formula is C34H36N2O4S. The number of nitrogens with one attached hydrogen (secondary N) is 1. The van der Waals surface area contributed by atoms with Crippen molar-refractivity contribution in [3.63, 3.8) is 0 Å². The Labute approximate surface area is 245 Å². The molecule has 6 nitrogen and oxygen atoms in total. The molecule has 7 heteroatoms. The van der Waals surface area contributed by atoms with Crippen LogP contribution in [0, 0.1) is 0 Å². The van der Waals surface area contributed by atoms with E-state index in [1.54, 1.807) is 0 Å². The van der Waals surface area contributed by atoms with Gasteiger partial charge in [-0.3, -0.25) is 10.1 Å². The van der Waals surface area contributed by atoms with Gasteiger partial charge in [0.05, 0.1) is 21.7 Å². The average Bonchev–Trinajstić information content (AvgIpc) is 3.71. The smallest absolute Gasteiger partial charge is 0.412 e. The highest BCUT2D eigenvalue weighted by Gasteiger charge is 2.51. The summed E-state index contributed by atoms with van der Waals surface area (Å²) in [6.45, 7) is 6.19. The number of benzene rings is 3. The monoisotopic (exact) mass is 568 g/mol. The van der Waals surface area contributed by atoms with Crippen LogP contribution < -0.4 is 5.32 Å². The number of rotatable bonds is 11. The van der Waals surface area contributed by atoms with E-state index in [4.69, 9.17) is 9.11 Å².